The minimum Gasteiger partial charge on any atom is -0.480 e. The molecule has 128 valence electrons. The van der Waals surface area contributed by atoms with Gasteiger partial charge in [-0.1, -0.05) is 26.0 Å². The van der Waals surface area contributed by atoms with E-state index in [4.69, 9.17) is 0 Å². The van der Waals surface area contributed by atoms with Crippen molar-refractivity contribution in [2.75, 3.05) is 0 Å². The van der Waals surface area contributed by atoms with Gasteiger partial charge in [0.15, 0.2) is 0 Å². The smallest absolute Gasteiger partial charge is 0.326 e. The van der Waals surface area contributed by atoms with Gasteiger partial charge in [-0.3, -0.25) is 4.79 Å². The number of carboxylic acid groups (broad SMARTS) is 1. The van der Waals surface area contributed by atoms with E-state index in [0.717, 1.165) is 11.3 Å². The Bertz CT molecular complexity index is 750. The summed E-state index contributed by atoms with van der Waals surface area (Å²) in [6, 6.07) is 6.89. The van der Waals surface area contributed by atoms with Crippen LogP contribution in [-0.2, 0) is 4.79 Å². The highest BCUT2D eigenvalue weighted by atomic mass is 16.4. The number of hydrogen-bond acceptors (Lipinski definition) is 3. The Labute approximate surface area is 141 Å². The normalized spacial score (nSPS) is 12.2. The first-order valence-corrected chi connectivity index (χ1v) is 7.95. The Balaban J connectivity index is 2.23. The van der Waals surface area contributed by atoms with Gasteiger partial charge in [-0.05, 0) is 43.9 Å². The summed E-state index contributed by atoms with van der Waals surface area (Å²) in [5.74, 6) is -1.28. The lowest BCUT2D eigenvalue weighted by atomic mass is 10.0. The van der Waals surface area contributed by atoms with Crippen LogP contribution in [0, 0.1) is 19.8 Å². The molecule has 6 heteroatoms. The quantitative estimate of drug-likeness (QED) is 0.853. The predicted molar refractivity (Wildman–Crippen MR) is 91.4 cm³/mol. The maximum Gasteiger partial charge on any atom is 0.326 e. The van der Waals surface area contributed by atoms with E-state index in [1.807, 2.05) is 45.0 Å². The molecule has 0 fully saturated rings. The third kappa shape index (κ3) is 4.01. The molecule has 0 aliphatic carbocycles. The van der Waals surface area contributed by atoms with Crippen molar-refractivity contribution < 1.29 is 14.7 Å². The maximum atomic E-state index is 12.4. The fourth-order valence-electron chi connectivity index (χ4n) is 2.58. The van der Waals surface area contributed by atoms with E-state index in [-0.39, 0.29) is 5.92 Å². The summed E-state index contributed by atoms with van der Waals surface area (Å²) in [5, 5.41) is 16.1. The number of nitrogens with one attached hydrogen (secondary N) is 1. The molecule has 0 radical (unpaired) electrons. The fourth-order valence-corrected chi connectivity index (χ4v) is 2.58. The molecule has 0 saturated carbocycles. The van der Waals surface area contributed by atoms with E-state index in [2.05, 4.69) is 10.4 Å². The molecule has 0 spiro atoms. The second-order valence-corrected chi connectivity index (χ2v) is 6.39. The molecule has 0 saturated heterocycles. The Hall–Kier alpha value is -2.63. The molecule has 2 N–H and O–H groups in total. The summed E-state index contributed by atoms with van der Waals surface area (Å²) < 4.78 is 1.68. The molecule has 1 aromatic heterocycles. The highest BCUT2D eigenvalue weighted by molar-refractivity contribution is 5.97. The zero-order chi connectivity index (χ0) is 17.9. The molecule has 1 heterocycles. The van der Waals surface area contributed by atoms with Crippen LogP contribution < -0.4 is 5.32 Å². The minimum absolute atomic E-state index is 0.169. The van der Waals surface area contributed by atoms with Crippen molar-refractivity contribution >= 4 is 11.9 Å². The number of rotatable bonds is 6. The van der Waals surface area contributed by atoms with Crippen LogP contribution in [-0.4, -0.2) is 32.8 Å². The maximum absolute atomic E-state index is 12.4. The van der Waals surface area contributed by atoms with E-state index in [1.54, 1.807) is 11.6 Å². The zero-order valence-corrected chi connectivity index (χ0v) is 14.4. The average molecular weight is 329 g/mol. The first-order chi connectivity index (χ1) is 11.3. The van der Waals surface area contributed by atoms with Gasteiger partial charge in [-0.15, -0.1) is 0 Å². The standard InChI is InChI=1S/C18H23N3O3/c1-11(2)8-16(18(23)24)20-17(22)15-10-19-21(13(15)4)14-7-5-6-12(3)9-14/h5-7,9-11,16H,8H2,1-4H3,(H,20,22)(H,23,24)/t16-/m0/s1. The second kappa shape index (κ2) is 7.29. The number of aliphatic carboxylic acids is 1. The summed E-state index contributed by atoms with van der Waals surface area (Å²) in [5.41, 5.74) is 3.01. The van der Waals surface area contributed by atoms with Crippen molar-refractivity contribution in [2.24, 2.45) is 5.92 Å². The van der Waals surface area contributed by atoms with Gasteiger partial charge in [0.25, 0.3) is 5.91 Å². The van der Waals surface area contributed by atoms with Crippen molar-refractivity contribution in [3.63, 3.8) is 0 Å². The number of carbonyl (C=O) groups is 2. The van der Waals surface area contributed by atoms with Crippen LogP contribution in [0.5, 0.6) is 0 Å². The number of aryl methyl sites for hydroxylation is 1. The van der Waals surface area contributed by atoms with Gasteiger partial charge in [0, 0.05) is 0 Å². The van der Waals surface area contributed by atoms with Crippen molar-refractivity contribution in [3.8, 4) is 5.69 Å². The van der Waals surface area contributed by atoms with E-state index in [0.29, 0.717) is 17.7 Å². The molecule has 0 bridgehead atoms. The van der Waals surface area contributed by atoms with Crippen LogP contribution in [0.15, 0.2) is 30.5 Å². The number of aromatic nitrogens is 2. The lowest BCUT2D eigenvalue weighted by Gasteiger charge is -2.16. The second-order valence-electron chi connectivity index (χ2n) is 6.39. The minimum atomic E-state index is -1.03. The zero-order valence-electron chi connectivity index (χ0n) is 14.4. The van der Waals surface area contributed by atoms with Crippen LogP contribution in [0.25, 0.3) is 5.69 Å². The lowest BCUT2D eigenvalue weighted by Crippen LogP contribution is -2.41. The molecule has 1 atom stereocenters. The van der Waals surface area contributed by atoms with E-state index in [1.165, 1.54) is 6.20 Å². The molecule has 0 aliphatic heterocycles. The van der Waals surface area contributed by atoms with Gasteiger partial charge in [0.2, 0.25) is 0 Å². The number of carbonyl (C=O) groups excluding carboxylic acids is 1. The Morgan fingerprint density at radius 2 is 2.00 bits per heavy atom. The molecule has 2 aromatic rings. The van der Waals surface area contributed by atoms with E-state index in [9.17, 15) is 14.7 Å². The van der Waals surface area contributed by atoms with Crippen molar-refractivity contribution in [1.29, 1.82) is 0 Å². The predicted octanol–water partition coefficient (Wildman–Crippen LogP) is 2.72. The van der Waals surface area contributed by atoms with Gasteiger partial charge in [0.05, 0.1) is 23.1 Å². The molecule has 6 nitrogen and oxygen atoms in total. The molecule has 1 aromatic carbocycles. The number of carboxylic acids is 1. The van der Waals surface area contributed by atoms with Gasteiger partial charge >= 0.3 is 5.97 Å². The first-order valence-electron chi connectivity index (χ1n) is 7.95. The number of amides is 1. The first kappa shape index (κ1) is 17.7. The highest BCUT2D eigenvalue weighted by Crippen LogP contribution is 2.16. The monoisotopic (exact) mass is 329 g/mol. The SMILES string of the molecule is Cc1cccc(-n2ncc(C(=O)N[C@@H](CC(C)C)C(=O)O)c2C)c1. The van der Waals surface area contributed by atoms with Gasteiger partial charge in [0.1, 0.15) is 6.04 Å². The summed E-state index contributed by atoms with van der Waals surface area (Å²) in [7, 11) is 0. The molecular formula is C18H23N3O3. The molecule has 0 unspecified atom stereocenters. The van der Waals surface area contributed by atoms with E-state index >= 15 is 0 Å². The van der Waals surface area contributed by atoms with E-state index < -0.39 is 17.9 Å². The summed E-state index contributed by atoms with van der Waals surface area (Å²) in [6.07, 6.45) is 1.85. The summed E-state index contributed by atoms with van der Waals surface area (Å²) in [6.45, 7) is 7.62. The van der Waals surface area contributed by atoms with Gasteiger partial charge < -0.3 is 10.4 Å². The van der Waals surface area contributed by atoms with Gasteiger partial charge in [-0.2, -0.15) is 5.10 Å². The third-order valence-corrected chi connectivity index (χ3v) is 3.81. The van der Waals surface area contributed by atoms with Gasteiger partial charge in [-0.25, -0.2) is 9.48 Å². The lowest BCUT2D eigenvalue weighted by molar-refractivity contribution is -0.139. The van der Waals surface area contributed by atoms with Crippen LogP contribution in [0.3, 0.4) is 0 Å². The van der Waals surface area contributed by atoms with Crippen molar-refractivity contribution in [3.05, 3.63) is 47.3 Å². The summed E-state index contributed by atoms with van der Waals surface area (Å²) in [4.78, 5) is 23.8. The summed E-state index contributed by atoms with van der Waals surface area (Å²) >= 11 is 0. The van der Waals surface area contributed by atoms with Crippen LogP contribution in [0.2, 0.25) is 0 Å². The number of nitrogens with zero attached hydrogens (tertiary/aromatic N) is 2. The topological polar surface area (TPSA) is 84.2 Å². The highest BCUT2D eigenvalue weighted by Gasteiger charge is 2.24. The Morgan fingerprint density at radius 1 is 1.29 bits per heavy atom. The molecule has 24 heavy (non-hydrogen) atoms. The van der Waals surface area contributed by atoms with Crippen LogP contribution in [0.1, 0.15) is 41.9 Å². The molecular weight excluding hydrogens is 306 g/mol. The third-order valence-electron chi connectivity index (χ3n) is 3.81. The van der Waals surface area contributed by atoms with Crippen molar-refractivity contribution in [1.82, 2.24) is 15.1 Å². The van der Waals surface area contributed by atoms with Crippen LogP contribution in [0.4, 0.5) is 0 Å². The molecule has 2 rings (SSSR count). The number of benzene rings is 1. The van der Waals surface area contributed by atoms with Crippen molar-refractivity contribution in [2.45, 2.75) is 40.2 Å². The Kier molecular flexibility index (Phi) is 5.39. The number of hydrogen-bond donors (Lipinski definition) is 2. The largest absolute Gasteiger partial charge is 0.480 e. The molecule has 0 aliphatic rings. The Morgan fingerprint density at radius 3 is 2.58 bits per heavy atom. The molecule has 1 amide bonds. The fraction of sp³-hybridized carbons (Fsp3) is 0.389. The average Bonchev–Trinajstić information content (AvgIpc) is 2.87. The van der Waals surface area contributed by atoms with Crippen LogP contribution >= 0.6 is 0 Å².